The molecule has 0 saturated heterocycles. The Bertz CT molecular complexity index is 556. The number of carboxylic acids is 1. The van der Waals surface area contributed by atoms with Crippen molar-refractivity contribution in [2.75, 3.05) is 13.1 Å². The Morgan fingerprint density at radius 1 is 1.43 bits per heavy atom. The summed E-state index contributed by atoms with van der Waals surface area (Å²) in [5.74, 6) is -0.731. The predicted octanol–water partition coefficient (Wildman–Crippen LogP) is 2.80. The first-order chi connectivity index (χ1) is 9.86. The molecule has 1 N–H and O–H groups in total. The summed E-state index contributed by atoms with van der Waals surface area (Å²) in [5.41, 5.74) is 1.13. The van der Waals surface area contributed by atoms with Crippen LogP contribution in [0.15, 0.2) is 12.1 Å². The quantitative estimate of drug-likeness (QED) is 0.820. The first-order valence-corrected chi connectivity index (χ1v) is 7.43. The van der Waals surface area contributed by atoms with Crippen LogP contribution in [0.25, 0.3) is 0 Å². The summed E-state index contributed by atoms with van der Waals surface area (Å²) >= 11 is 5.97. The molecule has 1 aliphatic carbocycles. The smallest absolute Gasteiger partial charge is 0.323 e. The molecular weight excluding hydrogens is 292 g/mol. The van der Waals surface area contributed by atoms with Crippen molar-refractivity contribution in [3.63, 3.8) is 0 Å². The summed E-state index contributed by atoms with van der Waals surface area (Å²) in [5, 5.41) is 9.23. The summed E-state index contributed by atoms with van der Waals surface area (Å²) in [6.45, 7) is 4.13. The molecule has 0 spiro atoms. The number of halogens is 1. The fraction of sp³-hybridized carbons (Fsp3) is 0.533. The zero-order chi connectivity index (χ0) is 15.6. The minimum Gasteiger partial charge on any atom is -0.480 e. The van der Waals surface area contributed by atoms with Crippen molar-refractivity contribution in [3.05, 3.63) is 28.5 Å². The largest absolute Gasteiger partial charge is 0.480 e. The van der Waals surface area contributed by atoms with E-state index in [9.17, 15) is 9.59 Å². The zero-order valence-corrected chi connectivity index (χ0v) is 12.9. The molecule has 1 aliphatic rings. The normalized spacial score (nSPS) is 14.3. The Balaban J connectivity index is 2.24. The van der Waals surface area contributed by atoms with Gasteiger partial charge < -0.3 is 10.0 Å². The highest BCUT2D eigenvalue weighted by Gasteiger charge is 2.28. The van der Waals surface area contributed by atoms with E-state index < -0.39 is 5.97 Å². The standard InChI is InChI=1S/C15H19ClN2O3/c1-9(2)12-5-11(6-13(16)17-12)15(21)18(8-14(19)20)7-10-3-4-10/h5-6,9-10H,3-4,7-8H2,1-2H3,(H,19,20). The number of nitrogens with zero attached hydrogens (tertiary/aromatic N) is 2. The lowest BCUT2D eigenvalue weighted by molar-refractivity contribution is -0.137. The molecule has 0 aromatic carbocycles. The minimum absolute atomic E-state index is 0.145. The van der Waals surface area contributed by atoms with Gasteiger partial charge in [-0.05, 0) is 36.8 Å². The van der Waals surface area contributed by atoms with Gasteiger partial charge in [-0.2, -0.15) is 0 Å². The summed E-state index contributed by atoms with van der Waals surface area (Å²) in [4.78, 5) is 29.1. The Hall–Kier alpha value is -1.62. The maximum Gasteiger partial charge on any atom is 0.323 e. The fourth-order valence-electron chi connectivity index (χ4n) is 2.11. The van der Waals surface area contributed by atoms with Crippen LogP contribution >= 0.6 is 11.6 Å². The molecule has 114 valence electrons. The second-order valence-corrected chi connectivity index (χ2v) is 6.17. The highest BCUT2D eigenvalue weighted by Crippen LogP contribution is 2.30. The third-order valence-corrected chi connectivity index (χ3v) is 3.63. The van der Waals surface area contributed by atoms with Crippen molar-refractivity contribution in [1.82, 2.24) is 9.88 Å². The van der Waals surface area contributed by atoms with Gasteiger partial charge in [0.05, 0.1) is 0 Å². The number of amides is 1. The SMILES string of the molecule is CC(C)c1cc(C(=O)N(CC(=O)O)CC2CC2)cc(Cl)n1. The van der Waals surface area contributed by atoms with Crippen molar-refractivity contribution >= 4 is 23.5 Å². The van der Waals surface area contributed by atoms with Crippen LogP contribution in [0.5, 0.6) is 0 Å². The third kappa shape index (κ3) is 4.43. The maximum atomic E-state index is 12.5. The predicted molar refractivity (Wildman–Crippen MR) is 79.6 cm³/mol. The number of aromatic nitrogens is 1. The molecule has 0 unspecified atom stereocenters. The van der Waals surface area contributed by atoms with Gasteiger partial charge >= 0.3 is 5.97 Å². The zero-order valence-electron chi connectivity index (χ0n) is 12.2. The van der Waals surface area contributed by atoms with Gasteiger partial charge in [0.1, 0.15) is 11.7 Å². The van der Waals surface area contributed by atoms with Crippen molar-refractivity contribution < 1.29 is 14.7 Å². The molecule has 1 aromatic rings. The lowest BCUT2D eigenvalue weighted by Gasteiger charge is -2.21. The molecule has 1 heterocycles. The number of aliphatic carboxylic acids is 1. The lowest BCUT2D eigenvalue weighted by Crippen LogP contribution is -2.37. The van der Waals surface area contributed by atoms with E-state index in [1.54, 1.807) is 6.07 Å². The second kappa shape index (κ2) is 6.43. The summed E-state index contributed by atoms with van der Waals surface area (Å²) in [6.07, 6.45) is 2.11. The Kier molecular flexibility index (Phi) is 4.83. The van der Waals surface area contributed by atoms with E-state index in [1.165, 1.54) is 11.0 Å². The van der Waals surface area contributed by atoms with Crippen LogP contribution in [0.2, 0.25) is 5.15 Å². The molecule has 5 nitrogen and oxygen atoms in total. The molecule has 1 fully saturated rings. The molecule has 21 heavy (non-hydrogen) atoms. The van der Waals surface area contributed by atoms with Crippen molar-refractivity contribution in [3.8, 4) is 0 Å². The van der Waals surface area contributed by atoms with Gasteiger partial charge in [0.2, 0.25) is 0 Å². The fourth-order valence-corrected chi connectivity index (χ4v) is 2.33. The molecule has 1 saturated carbocycles. The third-order valence-electron chi connectivity index (χ3n) is 3.44. The van der Waals surface area contributed by atoms with Gasteiger partial charge in [-0.15, -0.1) is 0 Å². The Morgan fingerprint density at radius 3 is 2.62 bits per heavy atom. The van der Waals surface area contributed by atoms with Crippen LogP contribution in [0, 0.1) is 5.92 Å². The molecule has 0 radical (unpaired) electrons. The van der Waals surface area contributed by atoms with Crippen LogP contribution in [-0.4, -0.2) is 40.0 Å². The minimum atomic E-state index is -1.01. The van der Waals surface area contributed by atoms with Gasteiger partial charge in [-0.3, -0.25) is 9.59 Å². The first kappa shape index (κ1) is 15.8. The van der Waals surface area contributed by atoms with Crippen LogP contribution in [-0.2, 0) is 4.79 Å². The highest BCUT2D eigenvalue weighted by molar-refractivity contribution is 6.29. The van der Waals surface area contributed by atoms with Crippen molar-refractivity contribution in [2.45, 2.75) is 32.6 Å². The van der Waals surface area contributed by atoms with Gasteiger partial charge in [0.15, 0.2) is 0 Å². The molecule has 0 atom stereocenters. The maximum absolute atomic E-state index is 12.5. The molecule has 1 amide bonds. The summed E-state index contributed by atoms with van der Waals surface area (Å²) in [6, 6.07) is 3.19. The summed E-state index contributed by atoms with van der Waals surface area (Å²) < 4.78 is 0. The highest BCUT2D eigenvalue weighted by atomic mass is 35.5. The number of carboxylic acid groups (broad SMARTS) is 1. The number of hydrogen-bond acceptors (Lipinski definition) is 3. The van der Waals surface area contributed by atoms with E-state index in [2.05, 4.69) is 4.98 Å². The first-order valence-electron chi connectivity index (χ1n) is 7.05. The molecule has 2 rings (SSSR count). The Labute approximate surface area is 128 Å². The van der Waals surface area contributed by atoms with Crippen molar-refractivity contribution in [1.29, 1.82) is 0 Å². The van der Waals surface area contributed by atoms with E-state index in [0.717, 1.165) is 18.5 Å². The van der Waals surface area contributed by atoms with Gasteiger partial charge in [0.25, 0.3) is 5.91 Å². The van der Waals surface area contributed by atoms with Crippen LogP contribution in [0.3, 0.4) is 0 Å². The number of carbonyl (C=O) groups excluding carboxylic acids is 1. The summed E-state index contributed by atoms with van der Waals surface area (Å²) in [7, 11) is 0. The average Bonchev–Trinajstić information content (AvgIpc) is 3.19. The molecule has 1 aromatic heterocycles. The monoisotopic (exact) mass is 310 g/mol. The van der Waals surface area contributed by atoms with E-state index >= 15 is 0 Å². The van der Waals surface area contributed by atoms with Crippen LogP contribution in [0.1, 0.15) is 48.7 Å². The molecule has 6 heteroatoms. The van der Waals surface area contributed by atoms with E-state index in [1.807, 2.05) is 13.8 Å². The Morgan fingerprint density at radius 2 is 2.10 bits per heavy atom. The number of pyridine rings is 1. The molecule has 0 bridgehead atoms. The second-order valence-electron chi connectivity index (χ2n) is 5.78. The number of rotatable bonds is 6. The van der Waals surface area contributed by atoms with Crippen LogP contribution in [0.4, 0.5) is 0 Å². The molecule has 0 aliphatic heterocycles. The van der Waals surface area contributed by atoms with Gasteiger partial charge in [-0.25, -0.2) is 4.98 Å². The number of carbonyl (C=O) groups is 2. The molecular formula is C15H19ClN2O3. The van der Waals surface area contributed by atoms with Gasteiger partial charge in [-0.1, -0.05) is 25.4 Å². The lowest BCUT2D eigenvalue weighted by atomic mass is 10.1. The van der Waals surface area contributed by atoms with E-state index in [4.69, 9.17) is 16.7 Å². The number of hydrogen-bond donors (Lipinski definition) is 1. The van der Waals surface area contributed by atoms with E-state index in [0.29, 0.717) is 18.0 Å². The van der Waals surface area contributed by atoms with Crippen molar-refractivity contribution in [2.24, 2.45) is 5.92 Å². The average molecular weight is 311 g/mol. The van der Waals surface area contributed by atoms with E-state index in [-0.39, 0.29) is 23.5 Å². The van der Waals surface area contributed by atoms with Gasteiger partial charge in [0, 0.05) is 17.8 Å². The van der Waals surface area contributed by atoms with Crippen LogP contribution < -0.4 is 0 Å². The topological polar surface area (TPSA) is 70.5 Å².